The molecule has 0 fully saturated rings. The summed E-state index contributed by atoms with van der Waals surface area (Å²) < 4.78 is 5.22. The van der Waals surface area contributed by atoms with Crippen LogP contribution < -0.4 is 0 Å². The first kappa shape index (κ1) is 9.63. The van der Waals surface area contributed by atoms with Crippen LogP contribution in [0.4, 0.5) is 0 Å². The summed E-state index contributed by atoms with van der Waals surface area (Å²) in [6, 6.07) is 0. The molecular weight excluding hydrogens is 128 g/mol. The van der Waals surface area contributed by atoms with Gasteiger partial charge in [-0.3, -0.25) is 4.79 Å². The average Bonchev–Trinajstić information content (AvgIpc) is 1.82. The zero-order chi connectivity index (χ0) is 8.15. The van der Waals surface area contributed by atoms with Gasteiger partial charge in [-0.25, -0.2) is 0 Å². The van der Waals surface area contributed by atoms with Crippen LogP contribution >= 0.6 is 0 Å². The van der Waals surface area contributed by atoms with Gasteiger partial charge in [-0.2, -0.15) is 0 Å². The Morgan fingerprint density at radius 3 is 2.20 bits per heavy atom. The minimum atomic E-state index is -0.234. The van der Waals surface area contributed by atoms with Gasteiger partial charge in [0, 0.05) is 6.61 Å². The van der Waals surface area contributed by atoms with E-state index in [0.717, 1.165) is 0 Å². The standard InChI is InChI=1S/C8H16O2/c1-6(2)5-10-8(4)7(3)9/h6,8H,5H2,1-4H3/t8-/m1/s1. The summed E-state index contributed by atoms with van der Waals surface area (Å²) in [5.41, 5.74) is 0. The number of carbonyl (C=O) groups is 1. The van der Waals surface area contributed by atoms with E-state index < -0.39 is 0 Å². The first-order valence-corrected chi connectivity index (χ1v) is 3.66. The molecule has 0 rings (SSSR count). The van der Waals surface area contributed by atoms with Gasteiger partial charge in [0.15, 0.2) is 5.78 Å². The molecule has 0 heterocycles. The highest BCUT2D eigenvalue weighted by atomic mass is 16.5. The second kappa shape index (κ2) is 4.45. The molecule has 0 aromatic rings. The molecule has 2 nitrogen and oxygen atoms in total. The number of ether oxygens (including phenoxy) is 1. The minimum absolute atomic E-state index is 0.0978. The van der Waals surface area contributed by atoms with Gasteiger partial charge in [0.2, 0.25) is 0 Å². The Morgan fingerprint density at radius 1 is 1.40 bits per heavy atom. The van der Waals surface area contributed by atoms with E-state index in [-0.39, 0.29) is 11.9 Å². The van der Waals surface area contributed by atoms with E-state index in [1.165, 1.54) is 0 Å². The Hall–Kier alpha value is -0.370. The van der Waals surface area contributed by atoms with Gasteiger partial charge >= 0.3 is 0 Å². The number of rotatable bonds is 4. The number of hydrogen-bond donors (Lipinski definition) is 0. The summed E-state index contributed by atoms with van der Waals surface area (Å²) in [6.45, 7) is 8.12. The van der Waals surface area contributed by atoms with E-state index in [1.54, 1.807) is 13.8 Å². The Balaban J connectivity index is 3.40. The molecule has 0 N–H and O–H groups in total. The Bertz CT molecular complexity index is 108. The molecule has 0 saturated heterocycles. The van der Waals surface area contributed by atoms with Crippen molar-refractivity contribution in [1.82, 2.24) is 0 Å². The zero-order valence-electron chi connectivity index (χ0n) is 7.18. The van der Waals surface area contributed by atoms with Crippen LogP contribution in [0.25, 0.3) is 0 Å². The normalized spacial score (nSPS) is 13.7. The predicted molar refractivity (Wildman–Crippen MR) is 40.9 cm³/mol. The van der Waals surface area contributed by atoms with Crippen molar-refractivity contribution in [2.75, 3.05) is 6.61 Å². The molecule has 0 bridgehead atoms. The highest BCUT2D eigenvalue weighted by molar-refractivity contribution is 5.79. The number of hydrogen-bond acceptors (Lipinski definition) is 2. The summed E-state index contributed by atoms with van der Waals surface area (Å²) >= 11 is 0. The molecule has 0 aliphatic carbocycles. The summed E-state index contributed by atoms with van der Waals surface area (Å²) in [7, 11) is 0. The number of ketones is 1. The monoisotopic (exact) mass is 144 g/mol. The van der Waals surface area contributed by atoms with Gasteiger partial charge < -0.3 is 4.74 Å². The van der Waals surface area contributed by atoms with Crippen LogP contribution in [-0.2, 0) is 9.53 Å². The third-order valence-electron chi connectivity index (χ3n) is 1.25. The van der Waals surface area contributed by atoms with Crippen LogP contribution in [0.1, 0.15) is 27.7 Å². The molecule has 0 amide bonds. The van der Waals surface area contributed by atoms with Crippen molar-refractivity contribution < 1.29 is 9.53 Å². The van der Waals surface area contributed by atoms with Gasteiger partial charge in [-0.1, -0.05) is 13.8 Å². The Morgan fingerprint density at radius 2 is 1.90 bits per heavy atom. The molecule has 0 aromatic carbocycles. The third kappa shape index (κ3) is 4.50. The molecule has 0 radical (unpaired) electrons. The molecule has 0 aliphatic heterocycles. The lowest BCUT2D eigenvalue weighted by atomic mass is 10.2. The van der Waals surface area contributed by atoms with Crippen LogP contribution in [0.5, 0.6) is 0 Å². The van der Waals surface area contributed by atoms with Crippen LogP contribution in [0.2, 0.25) is 0 Å². The van der Waals surface area contributed by atoms with Crippen LogP contribution in [0.3, 0.4) is 0 Å². The predicted octanol–water partition coefficient (Wildman–Crippen LogP) is 1.64. The maximum atomic E-state index is 10.6. The molecule has 0 unspecified atom stereocenters. The van der Waals surface area contributed by atoms with Crippen molar-refractivity contribution in [3.63, 3.8) is 0 Å². The second-order valence-electron chi connectivity index (χ2n) is 2.98. The summed E-state index contributed by atoms with van der Waals surface area (Å²) in [5.74, 6) is 0.599. The van der Waals surface area contributed by atoms with Gasteiger partial charge in [0.05, 0.1) is 0 Å². The third-order valence-corrected chi connectivity index (χ3v) is 1.25. The van der Waals surface area contributed by atoms with E-state index in [2.05, 4.69) is 13.8 Å². The molecular formula is C8H16O2. The van der Waals surface area contributed by atoms with Crippen molar-refractivity contribution in [3.05, 3.63) is 0 Å². The molecule has 10 heavy (non-hydrogen) atoms. The van der Waals surface area contributed by atoms with E-state index >= 15 is 0 Å². The number of carbonyl (C=O) groups excluding carboxylic acids is 1. The molecule has 1 atom stereocenters. The molecule has 60 valence electrons. The SMILES string of the molecule is CC(=O)[C@@H](C)OCC(C)C. The second-order valence-corrected chi connectivity index (χ2v) is 2.98. The first-order chi connectivity index (χ1) is 4.54. The molecule has 0 aromatic heterocycles. The van der Waals surface area contributed by atoms with Gasteiger partial charge in [0.25, 0.3) is 0 Å². The first-order valence-electron chi connectivity index (χ1n) is 3.66. The summed E-state index contributed by atoms with van der Waals surface area (Å²) in [5, 5.41) is 0. The van der Waals surface area contributed by atoms with Crippen LogP contribution in [-0.4, -0.2) is 18.5 Å². The van der Waals surface area contributed by atoms with Crippen molar-refractivity contribution in [1.29, 1.82) is 0 Å². The fraction of sp³-hybridized carbons (Fsp3) is 0.875. The highest BCUT2D eigenvalue weighted by Crippen LogP contribution is 1.97. The maximum absolute atomic E-state index is 10.6. The van der Waals surface area contributed by atoms with Crippen LogP contribution in [0.15, 0.2) is 0 Å². The molecule has 0 spiro atoms. The van der Waals surface area contributed by atoms with Crippen molar-refractivity contribution in [2.45, 2.75) is 33.8 Å². The van der Waals surface area contributed by atoms with Crippen molar-refractivity contribution in [3.8, 4) is 0 Å². The van der Waals surface area contributed by atoms with Gasteiger partial charge in [-0.05, 0) is 19.8 Å². The van der Waals surface area contributed by atoms with E-state index in [4.69, 9.17) is 4.74 Å². The quantitative estimate of drug-likeness (QED) is 0.599. The van der Waals surface area contributed by atoms with Gasteiger partial charge in [-0.15, -0.1) is 0 Å². The fourth-order valence-corrected chi connectivity index (χ4v) is 0.454. The lowest BCUT2D eigenvalue weighted by molar-refractivity contribution is -0.127. The molecule has 0 aliphatic rings. The molecule has 2 heteroatoms. The zero-order valence-corrected chi connectivity index (χ0v) is 7.18. The topological polar surface area (TPSA) is 26.3 Å². The van der Waals surface area contributed by atoms with Crippen LogP contribution in [0, 0.1) is 5.92 Å². The van der Waals surface area contributed by atoms with E-state index in [0.29, 0.717) is 12.5 Å². The van der Waals surface area contributed by atoms with Crippen molar-refractivity contribution >= 4 is 5.78 Å². The highest BCUT2D eigenvalue weighted by Gasteiger charge is 2.07. The van der Waals surface area contributed by atoms with E-state index in [1.807, 2.05) is 0 Å². The lowest BCUT2D eigenvalue weighted by Gasteiger charge is -2.10. The fourth-order valence-electron chi connectivity index (χ4n) is 0.454. The van der Waals surface area contributed by atoms with Crippen molar-refractivity contribution in [2.24, 2.45) is 5.92 Å². The summed E-state index contributed by atoms with van der Waals surface area (Å²) in [4.78, 5) is 10.6. The Kier molecular flexibility index (Phi) is 4.28. The van der Waals surface area contributed by atoms with Gasteiger partial charge in [0.1, 0.15) is 6.10 Å². The summed E-state index contributed by atoms with van der Waals surface area (Å²) in [6.07, 6.45) is -0.234. The number of Topliss-reactive ketones (excluding diaryl/α,β-unsaturated/α-hetero) is 1. The molecule has 0 saturated carbocycles. The minimum Gasteiger partial charge on any atom is -0.370 e. The Labute approximate surface area is 62.6 Å². The van der Waals surface area contributed by atoms with E-state index in [9.17, 15) is 4.79 Å². The average molecular weight is 144 g/mol. The smallest absolute Gasteiger partial charge is 0.158 e. The largest absolute Gasteiger partial charge is 0.370 e. The maximum Gasteiger partial charge on any atom is 0.158 e. The lowest BCUT2D eigenvalue weighted by Crippen LogP contribution is -2.19.